The summed E-state index contributed by atoms with van der Waals surface area (Å²) in [7, 11) is 1.51. The first-order valence-corrected chi connectivity index (χ1v) is 8.44. The molecular formula is C18H17NO6S. The number of ether oxygens (including phenoxy) is 2. The Bertz CT molecular complexity index is 832. The van der Waals surface area contributed by atoms with Gasteiger partial charge in [-0.2, -0.15) is 0 Å². The number of benzene rings is 2. The van der Waals surface area contributed by atoms with Gasteiger partial charge in [0.1, 0.15) is 0 Å². The van der Waals surface area contributed by atoms with Crippen molar-refractivity contribution in [1.82, 2.24) is 0 Å². The van der Waals surface area contributed by atoms with Gasteiger partial charge >= 0.3 is 5.97 Å². The molecule has 8 heteroatoms. The molecule has 2 aromatic carbocycles. The maximum atomic E-state index is 11.6. The molecule has 0 aliphatic heterocycles. The molecule has 1 N–H and O–H groups in total. The van der Waals surface area contributed by atoms with E-state index in [2.05, 4.69) is 0 Å². The van der Waals surface area contributed by atoms with Gasteiger partial charge < -0.3 is 14.6 Å². The monoisotopic (exact) mass is 375 g/mol. The summed E-state index contributed by atoms with van der Waals surface area (Å²) in [6.07, 6.45) is 1.51. The molecule has 0 spiro atoms. The highest BCUT2D eigenvalue weighted by atomic mass is 32.2. The third-order valence-electron chi connectivity index (χ3n) is 3.27. The van der Waals surface area contributed by atoms with Gasteiger partial charge in [0.25, 0.3) is 5.69 Å². The van der Waals surface area contributed by atoms with Crippen LogP contribution in [0.1, 0.15) is 12.5 Å². The van der Waals surface area contributed by atoms with Crippen molar-refractivity contribution in [2.24, 2.45) is 0 Å². The molecule has 2 aromatic rings. The van der Waals surface area contributed by atoms with E-state index < -0.39 is 10.9 Å². The number of nitro benzene ring substituents is 1. The predicted octanol–water partition coefficient (Wildman–Crippen LogP) is 4.22. The molecule has 26 heavy (non-hydrogen) atoms. The number of carbonyl (C=O) groups is 1. The lowest BCUT2D eigenvalue weighted by molar-refractivity contribution is -0.384. The first-order chi connectivity index (χ1) is 12.4. The summed E-state index contributed by atoms with van der Waals surface area (Å²) in [4.78, 5) is 22.4. The number of hydrogen-bond donors (Lipinski definition) is 1. The second-order valence-electron chi connectivity index (χ2n) is 5.01. The molecule has 0 bridgehead atoms. The molecule has 0 aliphatic carbocycles. The van der Waals surface area contributed by atoms with E-state index in [0.717, 1.165) is 11.8 Å². The maximum absolute atomic E-state index is 11.6. The highest BCUT2D eigenvalue weighted by Crippen LogP contribution is 2.32. The van der Waals surface area contributed by atoms with Gasteiger partial charge in [-0.15, -0.1) is 0 Å². The van der Waals surface area contributed by atoms with Crippen molar-refractivity contribution in [3.63, 3.8) is 0 Å². The van der Waals surface area contributed by atoms with E-state index >= 15 is 0 Å². The molecule has 0 saturated carbocycles. The van der Waals surface area contributed by atoms with Crippen LogP contribution in [0.5, 0.6) is 11.5 Å². The number of methoxy groups -OCH3 is 1. The lowest BCUT2D eigenvalue weighted by atomic mass is 10.2. The average molecular weight is 375 g/mol. The molecule has 2 rings (SSSR count). The van der Waals surface area contributed by atoms with Crippen molar-refractivity contribution in [3.05, 3.63) is 63.0 Å². The molecule has 0 atom stereocenters. The number of hydrogen-bond acceptors (Lipinski definition) is 6. The summed E-state index contributed by atoms with van der Waals surface area (Å²) in [5, 5.41) is 20.1. The van der Waals surface area contributed by atoms with E-state index in [9.17, 15) is 20.0 Å². The number of carboxylic acids is 1. The molecule has 0 unspecified atom stereocenters. The average Bonchev–Trinajstić information content (AvgIpc) is 2.62. The SMILES string of the molecule is CCOc1ccc(/C=C(/Sc2ccc([N+](=O)[O-])cc2)C(=O)O)cc1OC. The molecule has 0 aromatic heterocycles. The van der Waals surface area contributed by atoms with Crippen LogP contribution in [0.25, 0.3) is 6.08 Å². The van der Waals surface area contributed by atoms with Crippen LogP contribution in [0.4, 0.5) is 5.69 Å². The number of rotatable bonds is 8. The Morgan fingerprint density at radius 1 is 1.23 bits per heavy atom. The number of nitrogens with zero attached hydrogens (tertiary/aromatic N) is 1. The normalized spacial score (nSPS) is 11.1. The largest absolute Gasteiger partial charge is 0.493 e. The van der Waals surface area contributed by atoms with E-state index in [-0.39, 0.29) is 10.6 Å². The Morgan fingerprint density at radius 2 is 1.92 bits per heavy atom. The lowest BCUT2D eigenvalue weighted by Gasteiger charge is -2.10. The lowest BCUT2D eigenvalue weighted by Crippen LogP contribution is -1.98. The van der Waals surface area contributed by atoms with Crippen molar-refractivity contribution in [2.45, 2.75) is 11.8 Å². The van der Waals surface area contributed by atoms with Crippen LogP contribution in [-0.2, 0) is 4.79 Å². The van der Waals surface area contributed by atoms with Crippen LogP contribution in [-0.4, -0.2) is 29.7 Å². The topological polar surface area (TPSA) is 98.9 Å². The van der Waals surface area contributed by atoms with Crippen LogP contribution >= 0.6 is 11.8 Å². The summed E-state index contributed by atoms with van der Waals surface area (Å²) >= 11 is 1.01. The first-order valence-electron chi connectivity index (χ1n) is 7.62. The molecule has 0 fully saturated rings. The van der Waals surface area contributed by atoms with Crippen molar-refractivity contribution in [3.8, 4) is 11.5 Å². The predicted molar refractivity (Wildman–Crippen MR) is 98.7 cm³/mol. The molecule has 0 radical (unpaired) electrons. The smallest absolute Gasteiger partial charge is 0.342 e. The van der Waals surface area contributed by atoms with Crippen LogP contribution in [0, 0.1) is 10.1 Å². The Balaban J connectivity index is 2.28. The minimum absolute atomic E-state index is 0.0496. The Morgan fingerprint density at radius 3 is 2.46 bits per heavy atom. The standard InChI is InChI=1S/C18H17NO6S/c1-3-25-15-9-4-12(10-16(15)24-2)11-17(18(20)21)26-14-7-5-13(6-8-14)19(22)23/h4-11H,3H2,1-2H3,(H,20,21)/b17-11+. The van der Waals surface area contributed by atoms with E-state index in [1.807, 2.05) is 6.92 Å². The van der Waals surface area contributed by atoms with Gasteiger partial charge in [-0.3, -0.25) is 10.1 Å². The third kappa shape index (κ3) is 5.00. The van der Waals surface area contributed by atoms with E-state index in [1.165, 1.54) is 37.5 Å². The molecule has 0 saturated heterocycles. The second kappa shape index (κ2) is 8.91. The zero-order valence-corrected chi connectivity index (χ0v) is 15.0. The number of carboxylic acid groups (broad SMARTS) is 1. The van der Waals surface area contributed by atoms with Gasteiger partial charge in [-0.05, 0) is 42.8 Å². The van der Waals surface area contributed by atoms with Crippen molar-refractivity contribution in [1.29, 1.82) is 0 Å². The van der Waals surface area contributed by atoms with Crippen LogP contribution in [0.3, 0.4) is 0 Å². The van der Waals surface area contributed by atoms with Crippen molar-refractivity contribution in [2.75, 3.05) is 13.7 Å². The molecule has 0 heterocycles. The Hall–Kier alpha value is -3.00. The summed E-state index contributed by atoms with van der Waals surface area (Å²) in [6.45, 7) is 2.35. The molecule has 0 amide bonds. The van der Waals surface area contributed by atoms with Gasteiger partial charge in [-0.25, -0.2) is 4.79 Å². The van der Waals surface area contributed by atoms with Crippen LogP contribution < -0.4 is 9.47 Å². The summed E-state index contributed by atoms with van der Waals surface area (Å²) in [5.74, 6) is -0.0149. The van der Waals surface area contributed by atoms with E-state index in [1.54, 1.807) is 18.2 Å². The Labute approximate surface area is 154 Å². The Kier molecular flexibility index (Phi) is 6.62. The fourth-order valence-electron chi connectivity index (χ4n) is 2.10. The second-order valence-corrected chi connectivity index (χ2v) is 6.13. The number of aliphatic carboxylic acids is 1. The van der Waals surface area contributed by atoms with Gasteiger partial charge in [-0.1, -0.05) is 17.8 Å². The first kappa shape index (κ1) is 19.3. The van der Waals surface area contributed by atoms with Gasteiger partial charge in [0.05, 0.1) is 23.5 Å². The minimum atomic E-state index is -1.10. The van der Waals surface area contributed by atoms with Crippen LogP contribution in [0.2, 0.25) is 0 Å². The molecule has 7 nitrogen and oxygen atoms in total. The summed E-state index contributed by atoms with van der Waals surface area (Å²) < 4.78 is 10.7. The van der Waals surface area contributed by atoms with Crippen molar-refractivity contribution >= 4 is 29.5 Å². The molecule has 0 aliphatic rings. The highest BCUT2D eigenvalue weighted by molar-refractivity contribution is 8.04. The van der Waals surface area contributed by atoms with Gasteiger partial charge in [0.15, 0.2) is 11.5 Å². The van der Waals surface area contributed by atoms with Gasteiger partial charge in [0.2, 0.25) is 0 Å². The summed E-state index contributed by atoms with van der Waals surface area (Å²) in [5.41, 5.74) is 0.587. The fourth-order valence-corrected chi connectivity index (χ4v) is 2.91. The van der Waals surface area contributed by atoms with Crippen molar-refractivity contribution < 1.29 is 24.3 Å². The van der Waals surface area contributed by atoms with E-state index in [4.69, 9.17) is 9.47 Å². The quantitative estimate of drug-likeness (QED) is 0.319. The highest BCUT2D eigenvalue weighted by Gasteiger charge is 2.13. The minimum Gasteiger partial charge on any atom is -0.493 e. The van der Waals surface area contributed by atoms with Gasteiger partial charge in [0, 0.05) is 17.0 Å². The molecular weight excluding hydrogens is 358 g/mol. The van der Waals surface area contributed by atoms with Crippen LogP contribution in [0.15, 0.2) is 52.3 Å². The number of nitro groups is 1. The van der Waals surface area contributed by atoms with E-state index in [0.29, 0.717) is 28.6 Å². The maximum Gasteiger partial charge on any atom is 0.342 e. The fraction of sp³-hybridized carbons (Fsp3) is 0.167. The zero-order valence-electron chi connectivity index (χ0n) is 14.2. The number of non-ortho nitro benzene ring substituents is 1. The third-order valence-corrected chi connectivity index (χ3v) is 4.29. The number of thioether (sulfide) groups is 1. The zero-order chi connectivity index (χ0) is 19.1. The summed E-state index contributed by atoms with van der Waals surface area (Å²) in [6, 6.07) is 10.8. The molecule has 136 valence electrons.